The number of nitrogens with one attached hydrogen (secondary N) is 1. The van der Waals surface area contributed by atoms with Crippen molar-refractivity contribution in [2.24, 2.45) is 0 Å². The second kappa shape index (κ2) is 9.58. The number of fused-ring (bicyclic) bond motifs is 1. The summed E-state index contributed by atoms with van der Waals surface area (Å²) in [5.74, 6) is -1.52. The molecule has 172 valence electrons. The summed E-state index contributed by atoms with van der Waals surface area (Å²) in [6, 6.07) is 18.4. The topological polar surface area (TPSA) is 102 Å². The number of hydrogen-bond acceptors (Lipinski definition) is 6. The van der Waals surface area contributed by atoms with Crippen LogP contribution in [0.3, 0.4) is 0 Å². The van der Waals surface area contributed by atoms with E-state index in [1.54, 1.807) is 43.5 Å². The van der Waals surface area contributed by atoms with Gasteiger partial charge in [0.05, 0.1) is 30.3 Å². The molecule has 3 amide bonds. The number of nitrogens with zero attached hydrogens (tertiary/aromatic N) is 1. The minimum Gasteiger partial charge on any atom is -0.497 e. The van der Waals surface area contributed by atoms with E-state index in [-0.39, 0.29) is 23.2 Å². The lowest BCUT2D eigenvalue weighted by Gasteiger charge is -2.14. The lowest BCUT2D eigenvalue weighted by Crippen LogP contribution is -2.29. The van der Waals surface area contributed by atoms with Crippen molar-refractivity contribution in [1.29, 1.82) is 0 Å². The molecule has 0 unspecified atom stereocenters. The number of benzene rings is 3. The summed E-state index contributed by atoms with van der Waals surface area (Å²) >= 11 is 0. The van der Waals surface area contributed by atoms with E-state index in [1.165, 1.54) is 18.2 Å². The molecule has 0 spiro atoms. The minimum atomic E-state index is -0.768. The molecule has 34 heavy (non-hydrogen) atoms. The number of rotatable bonds is 7. The van der Waals surface area contributed by atoms with E-state index in [0.717, 1.165) is 16.0 Å². The summed E-state index contributed by atoms with van der Waals surface area (Å²) in [6.07, 6.45) is 0. The quantitative estimate of drug-likeness (QED) is 0.429. The number of methoxy groups -OCH3 is 1. The highest BCUT2D eigenvalue weighted by Gasteiger charge is 2.36. The zero-order chi connectivity index (χ0) is 24.2. The van der Waals surface area contributed by atoms with Crippen molar-refractivity contribution >= 4 is 29.4 Å². The van der Waals surface area contributed by atoms with Gasteiger partial charge in [-0.25, -0.2) is 4.79 Å². The largest absolute Gasteiger partial charge is 0.497 e. The Kier molecular flexibility index (Phi) is 6.40. The minimum absolute atomic E-state index is 0.0781. The summed E-state index contributed by atoms with van der Waals surface area (Å²) in [7, 11) is 1.55. The van der Waals surface area contributed by atoms with Gasteiger partial charge in [-0.3, -0.25) is 19.3 Å². The summed E-state index contributed by atoms with van der Waals surface area (Å²) < 4.78 is 10.2. The first-order valence-electron chi connectivity index (χ1n) is 10.5. The number of anilines is 1. The first kappa shape index (κ1) is 22.7. The number of carbonyl (C=O) groups excluding carboxylic acids is 4. The molecule has 3 aromatic carbocycles. The Hall–Kier alpha value is -4.46. The van der Waals surface area contributed by atoms with Crippen LogP contribution in [-0.4, -0.2) is 42.3 Å². The number of hydrogen-bond donors (Lipinski definition) is 1. The normalized spacial score (nSPS) is 12.4. The van der Waals surface area contributed by atoms with Gasteiger partial charge < -0.3 is 14.8 Å². The second-order valence-corrected chi connectivity index (χ2v) is 7.80. The Balaban J connectivity index is 1.40. The first-order valence-corrected chi connectivity index (χ1v) is 10.5. The first-order chi connectivity index (χ1) is 16.4. The van der Waals surface area contributed by atoms with Crippen LogP contribution in [0.4, 0.5) is 5.69 Å². The van der Waals surface area contributed by atoms with Crippen molar-refractivity contribution in [3.63, 3.8) is 0 Å². The molecule has 0 saturated heterocycles. The van der Waals surface area contributed by atoms with E-state index in [1.807, 2.05) is 19.1 Å². The maximum Gasteiger partial charge on any atom is 0.338 e. The second-order valence-electron chi connectivity index (χ2n) is 7.80. The third-order valence-corrected chi connectivity index (χ3v) is 5.38. The molecule has 1 heterocycles. The molecule has 1 aliphatic heterocycles. The predicted octanol–water partition coefficient (Wildman–Crippen LogP) is 3.60. The number of esters is 1. The van der Waals surface area contributed by atoms with E-state index in [0.29, 0.717) is 11.4 Å². The van der Waals surface area contributed by atoms with Crippen molar-refractivity contribution in [2.45, 2.75) is 13.5 Å². The van der Waals surface area contributed by atoms with Gasteiger partial charge in [0.25, 0.3) is 17.7 Å². The SMILES string of the molecule is COc1ccc(CN2C(=O)c3ccc(C(=O)OCC(=O)Nc4ccc(C)cc4)cc3C2=O)cc1. The van der Waals surface area contributed by atoms with Crippen LogP contribution in [-0.2, 0) is 16.1 Å². The molecule has 0 aliphatic carbocycles. The highest BCUT2D eigenvalue weighted by atomic mass is 16.5. The average Bonchev–Trinajstić information content (AvgIpc) is 3.08. The predicted molar refractivity (Wildman–Crippen MR) is 124 cm³/mol. The number of amides is 3. The molecule has 0 radical (unpaired) electrons. The lowest BCUT2D eigenvalue weighted by molar-refractivity contribution is -0.119. The standard InChI is InChI=1S/C26H22N2O6/c1-16-3-8-19(9-4-16)27-23(29)15-34-26(32)18-7-12-21-22(13-18)25(31)28(24(21)30)14-17-5-10-20(33-2)11-6-17/h3-13H,14-15H2,1-2H3,(H,27,29). The van der Waals surface area contributed by atoms with Gasteiger partial charge in [0.2, 0.25) is 0 Å². The highest BCUT2D eigenvalue weighted by Crippen LogP contribution is 2.26. The van der Waals surface area contributed by atoms with E-state index >= 15 is 0 Å². The molecule has 4 rings (SSSR count). The van der Waals surface area contributed by atoms with Crippen molar-refractivity contribution in [3.8, 4) is 5.75 Å². The van der Waals surface area contributed by atoms with E-state index in [4.69, 9.17) is 9.47 Å². The molecule has 0 fully saturated rings. The van der Waals surface area contributed by atoms with Gasteiger partial charge in [-0.1, -0.05) is 29.8 Å². The summed E-state index contributed by atoms with van der Waals surface area (Å²) in [5, 5.41) is 2.64. The Morgan fingerprint density at radius 1 is 0.882 bits per heavy atom. The maximum atomic E-state index is 12.9. The van der Waals surface area contributed by atoms with Crippen LogP contribution >= 0.6 is 0 Å². The van der Waals surface area contributed by atoms with Crippen LogP contribution in [0.5, 0.6) is 5.75 Å². The molecule has 8 nitrogen and oxygen atoms in total. The molecular weight excluding hydrogens is 436 g/mol. The number of ether oxygens (including phenoxy) is 2. The van der Waals surface area contributed by atoms with Gasteiger partial charge >= 0.3 is 5.97 Å². The Morgan fingerprint density at radius 3 is 2.24 bits per heavy atom. The van der Waals surface area contributed by atoms with Crippen molar-refractivity contribution < 1.29 is 28.7 Å². The van der Waals surface area contributed by atoms with Crippen LogP contribution in [0.1, 0.15) is 42.2 Å². The summed E-state index contributed by atoms with van der Waals surface area (Å²) in [5.41, 5.74) is 2.81. The number of carbonyl (C=O) groups is 4. The van der Waals surface area contributed by atoms with Gasteiger partial charge in [-0.05, 0) is 55.0 Å². The molecule has 8 heteroatoms. The van der Waals surface area contributed by atoms with E-state index in [2.05, 4.69) is 5.32 Å². The molecule has 0 saturated carbocycles. The Morgan fingerprint density at radius 2 is 1.56 bits per heavy atom. The molecule has 1 N–H and O–H groups in total. The van der Waals surface area contributed by atoms with Gasteiger partial charge in [0, 0.05) is 5.69 Å². The Labute approximate surface area is 196 Å². The van der Waals surface area contributed by atoms with Crippen LogP contribution in [0, 0.1) is 6.92 Å². The third-order valence-electron chi connectivity index (χ3n) is 5.38. The van der Waals surface area contributed by atoms with Gasteiger partial charge in [-0.2, -0.15) is 0 Å². The van der Waals surface area contributed by atoms with Crippen molar-refractivity contribution in [1.82, 2.24) is 4.90 Å². The van der Waals surface area contributed by atoms with E-state index < -0.39 is 30.3 Å². The maximum absolute atomic E-state index is 12.9. The molecule has 0 bridgehead atoms. The molecular formula is C26H22N2O6. The van der Waals surface area contributed by atoms with Crippen LogP contribution < -0.4 is 10.1 Å². The average molecular weight is 458 g/mol. The smallest absolute Gasteiger partial charge is 0.338 e. The number of imide groups is 1. The molecule has 0 aromatic heterocycles. The van der Waals surface area contributed by atoms with Crippen molar-refractivity contribution in [2.75, 3.05) is 19.0 Å². The highest BCUT2D eigenvalue weighted by molar-refractivity contribution is 6.21. The fourth-order valence-electron chi connectivity index (χ4n) is 3.52. The summed E-state index contributed by atoms with van der Waals surface area (Å²) in [6.45, 7) is 1.54. The lowest BCUT2D eigenvalue weighted by atomic mass is 10.1. The van der Waals surface area contributed by atoms with Gasteiger partial charge in [0.1, 0.15) is 5.75 Å². The summed E-state index contributed by atoms with van der Waals surface area (Å²) in [4.78, 5) is 51.2. The van der Waals surface area contributed by atoms with E-state index in [9.17, 15) is 19.2 Å². The fourth-order valence-corrected chi connectivity index (χ4v) is 3.52. The monoisotopic (exact) mass is 458 g/mol. The van der Waals surface area contributed by atoms with Gasteiger partial charge in [-0.15, -0.1) is 0 Å². The third kappa shape index (κ3) is 4.80. The van der Waals surface area contributed by atoms with Crippen LogP contribution in [0.15, 0.2) is 66.7 Å². The zero-order valence-corrected chi connectivity index (χ0v) is 18.7. The zero-order valence-electron chi connectivity index (χ0n) is 18.7. The molecule has 1 aliphatic rings. The van der Waals surface area contributed by atoms with Gasteiger partial charge in [0.15, 0.2) is 6.61 Å². The molecule has 3 aromatic rings. The van der Waals surface area contributed by atoms with Crippen molar-refractivity contribution in [3.05, 3.63) is 94.5 Å². The molecule has 0 atom stereocenters. The van der Waals surface area contributed by atoms with Crippen LogP contribution in [0.25, 0.3) is 0 Å². The van der Waals surface area contributed by atoms with Crippen LogP contribution in [0.2, 0.25) is 0 Å². The number of aryl methyl sites for hydroxylation is 1. The fraction of sp³-hybridized carbons (Fsp3) is 0.154. The Bertz CT molecular complexity index is 1270.